The van der Waals surface area contributed by atoms with Crippen molar-refractivity contribution in [3.05, 3.63) is 224 Å². The van der Waals surface area contributed by atoms with Crippen LogP contribution in [0.2, 0.25) is 0 Å². The molecule has 0 N–H and O–H groups in total. The molecule has 5 nitrogen and oxygen atoms in total. The maximum atomic E-state index is 5.07. The Labute approximate surface area is 358 Å². The van der Waals surface area contributed by atoms with E-state index in [1.807, 2.05) is 36.4 Å². The first kappa shape index (κ1) is 35.5. The first-order valence-corrected chi connectivity index (χ1v) is 20.9. The summed E-state index contributed by atoms with van der Waals surface area (Å²) in [6.45, 7) is 0. The first-order valence-electron chi connectivity index (χ1n) is 20.9. The van der Waals surface area contributed by atoms with Gasteiger partial charge in [-0.05, 0) is 76.9 Å². The van der Waals surface area contributed by atoms with Crippen molar-refractivity contribution >= 4 is 43.6 Å². The molecule has 5 heteroatoms. The molecule has 3 aromatic heterocycles. The van der Waals surface area contributed by atoms with Crippen LogP contribution in [0.4, 0.5) is 0 Å². The molecule has 0 aliphatic heterocycles. The highest BCUT2D eigenvalue weighted by atomic mass is 15.0. The number of aromatic nitrogens is 5. The van der Waals surface area contributed by atoms with Gasteiger partial charge in [0.15, 0.2) is 17.5 Å². The van der Waals surface area contributed by atoms with Gasteiger partial charge in [0.2, 0.25) is 0 Å². The molecule has 0 saturated heterocycles. The number of hydrogen-bond donors (Lipinski definition) is 0. The normalized spacial score (nSPS) is 11.5. The lowest BCUT2D eigenvalue weighted by atomic mass is 10.0. The van der Waals surface area contributed by atoms with Gasteiger partial charge in [0.05, 0.1) is 22.1 Å². The summed E-state index contributed by atoms with van der Waals surface area (Å²) < 4.78 is 4.81. The number of benzene rings is 9. The second-order valence-electron chi connectivity index (χ2n) is 15.7. The summed E-state index contributed by atoms with van der Waals surface area (Å²) in [7, 11) is 0. The van der Waals surface area contributed by atoms with Crippen molar-refractivity contribution in [2.75, 3.05) is 0 Å². The van der Waals surface area contributed by atoms with Gasteiger partial charge in [-0.1, -0.05) is 170 Å². The van der Waals surface area contributed by atoms with Crippen LogP contribution >= 0.6 is 0 Å². The van der Waals surface area contributed by atoms with Crippen LogP contribution in [-0.4, -0.2) is 24.1 Å². The lowest BCUT2D eigenvalue weighted by Crippen LogP contribution is -2.00. The summed E-state index contributed by atoms with van der Waals surface area (Å²) in [5.74, 6) is 1.90. The zero-order valence-corrected chi connectivity index (χ0v) is 33.6. The molecule has 0 spiro atoms. The predicted octanol–water partition coefficient (Wildman–Crippen LogP) is 14.4. The maximum absolute atomic E-state index is 5.07. The Kier molecular flexibility index (Phi) is 8.42. The molecule has 0 amide bonds. The molecule has 12 rings (SSSR count). The van der Waals surface area contributed by atoms with E-state index >= 15 is 0 Å². The third-order valence-electron chi connectivity index (χ3n) is 12.0. The van der Waals surface area contributed by atoms with Crippen molar-refractivity contribution in [2.24, 2.45) is 0 Å². The van der Waals surface area contributed by atoms with E-state index in [0.29, 0.717) is 17.5 Å². The molecule has 0 bridgehead atoms. The van der Waals surface area contributed by atoms with Crippen LogP contribution in [-0.2, 0) is 0 Å². The second kappa shape index (κ2) is 14.7. The van der Waals surface area contributed by atoms with Crippen LogP contribution in [0.15, 0.2) is 224 Å². The van der Waals surface area contributed by atoms with Gasteiger partial charge < -0.3 is 9.13 Å². The van der Waals surface area contributed by atoms with Gasteiger partial charge in [-0.25, -0.2) is 15.0 Å². The lowest BCUT2D eigenvalue weighted by molar-refractivity contribution is 1.07. The molecular formula is C57H37N5. The number of rotatable bonds is 7. The Morgan fingerprint density at radius 2 is 0.613 bits per heavy atom. The van der Waals surface area contributed by atoms with E-state index < -0.39 is 0 Å². The molecule has 0 radical (unpaired) electrons. The Bertz CT molecular complexity index is 3610. The number of para-hydroxylation sites is 3. The van der Waals surface area contributed by atoms with E-state index in [2.05, 4.69) is 197 Å². The summed E-state index contributed by atoms with van der Waals surface area (Å²) in [5.41, 5.74) is 14.3. The third-order valence-corrected chi connectivity index (χ3v) is 12.0. The minimum Gasteiger partial charge on any atom is -0.309 e. The topological polar surface area (TPSA) is 48.5 Å². The minimum absolute atomic E-state index is 0.629. The molecule has 0 atom stereocenters. The van der Waals surface area contributed by atoms with E-state index in [1.165, 1.54) is 43.6 Å². The Balaban J connectivity index is 0.953. The zero-order chi connectivity index (χ0) is 41.0. The van der Waals surface area contributed by atoms with Gasteiger partial charge in [-0.15, -0.1) is 0 Å². The van der Waals surface area contributed by atoms with Crippen LogP contribution in [0.25, 0.3) is 111 Å². The van der Waals surface area contributed by atoms with Gasteiger partial charge in [-0.3, -0.25) is 0 Å². The highest BCUT2D eigenvalue weighted by Crippen LogP contribution is 2.40. The summed E-state index contributed by atoms with van der Waals surface area (Å²) in [6.07, 6.45) is 0. The van der Waals surface area contributed by atoms with E-state index in [-0.39, 0.29) is 0 Å². The molecule has 12 aromatic rings. The molecule has 0 fully saturated rings. The highest BCUT2D eigenvalue weighted by Gasteiger charge is 2.19. The van der Waals surface area contributed by atoms with E-state index in [0.717, 1.165) is 50.3 Å². The van der Waals surface area contributed by atoms with E-state index in [9.17, 15) is 0 Å². The number of hydrogen-bond acceptors (Lipinski definition) is 3. The van der Waals surface area contributed by atoms with E-state index in [1.54, 1.807) is 0 Å². The smallest absolute Gasteiger partial charge is 0.164 e. The molecule has 0 unspecified atom stereocenters. The fourth-order valence-electron chi connectivity index (χ4n) is 9.02. The lowest BCUT2D eigenvalue weighted by Gasteiger charge is -2.12. The van der Waals surface area contributed by atoms with Crippen molar-refractivity contribution in [3.8, 4) is 67.8 Å². The fraction of sp³-hybridized carbons (Fsp3) is 0. The number of nitrogens with zero attached hydrogens (tertiary/aromatic N) is 5. The van der Waals surface area contributed by atoms with Crippen molar-refractivity contribution in [1.82, 2.24) is 24.1 Å². The van der Waals surface area contributed by atoms with Crippen LogP contribution < -0.4 is 0 Å². The van der Waals surface area contributed by atoms with Crippen molar-refractivity contribution in [2.45, 2.75) is 0 Å². The summed E-state index contributed by atoms with van der Waals surface area (Å²) in [4.78, 5) is 15.1. The number of fused-ring (bicyclic) bond motifs is 6. The van der Waals surface area contributed by atoms with E-state index in [4.69, 9.17) is 15.0 Å². The summed E-state index contributed by atoms with van der Waals surface area (Å²) in [6, 6.07) is 79.3. The van der Waals surface area contributed by atoms with Crippen LogP contribution in [0.1, 0.15) is 0 Å². The third kappa shape index (κ3) is 6.06. The second-order valence-corrected chi connectivity index (χ2v) is 15.7. The monoisotopic (exact) mass is 791 g/mol. The van der Waals surface area contributed by atoms with Gasteiger partial charge >= 0.3 is 0 Å². The average Bonchev–Trinajstić information content (AvgIpc) is 3.86. The molecule has 3 heterocycles. The predicted molar refractivity (Wildman–Crippen MR) is 256 cm³/mol. The van der Waals surface area contributed by atoms with Gasteiger partial charge in [0.1, 0.15) is 0 Å². The molecule has 9 aromatic carbocycles. The maximum Gasteiger partial charge on any atom is 0.164 e. The minimum atomic E-state index is 0.629. The van der Waals surface area contributed by atoms with Crippen LogP contribution in [0.3, 0.4) is 0 Å². The van der Waals surface area contributed by atoms with Gasteiger partial charge in [-0.2, -0.15) is 0 Å². The molecule has 62 heavy (non-hydrogen) atoms. The zero-order valence-electron chi connectivity index (χ0n) is 33.6. The largest absolute Gasteiger partial charge is 0.309 e. The van der Waals surface area contributed by atoms with Crippen molar-refractivity contribution in [1.29, 1.82) is 0 Å². The molecule has 290 valence electrons. The van der Waals surface area contributed by atoms with Crippen LogP contribution in [0, 0.1) is 0 Å². The summed E-state index contributed by atoms with van der Waals surface area (Å²) in [5, 5.41) is 4.91. The van der Waals surface area contributed by atoms with Crippen LogP contribution in [0.5, 0.6) is 0 Å². The van der Waals surface area contributed by atoms with Crippen molar-refractivity contribution < 1.29 is 0 Å². The Morgan fingerprint density at radius 1 is 0.226 bits per heavy atom. The average molecular weight is 792 g/mol. The SMILES string of the molecule is c1ccc(-c2cccc(-c3nc(-c4ccccc4)nc(-c4ccc(-c5cccc(-n6c7ccccc7c7cc8c(cc76)c6ccccc6n8-c6ccccc6)c5)cc4)n3)c2)cc1. The first-order chi connectivity index (χ1) is 30.7. The highest BCUT2D eigenvalue weighted by molar-refractivity contribution is 6.19. The Hall–Kier alpha value is -8.41. The van der Waals surface area contributed by atoms with Gasteiger partial charge in [0.25, 0.3) is 0 Å². The molecule has 0 aliphatic rings. The Morgan fingerprint density at radius 3 is 1.23 bits per heavy atom. The quantitative estimate of drug-likeness (QED) is 0.162. The molecular weight excluding hydrogens is 755 g/mol. The fourth-order valence-corrected chi connectivity index (χ4v) is 9.02. The van der Waals surface area contributed by atoms with Crippen molar-refractivity contribution in [3.63, 3.8) is 0 Å². The summed E-state index contributed by atoms with van der Waals surface area (Å²) >= 11 is 0. The standard InChI is InChI=1S/C57H37N5/c1-4-16-38(17-5-1)42-20-14-22-44(34-42)57-59-55(40-18-6-2-7-19-40)58-56(60-57)41-32-30-39(31-33-41)43-21-15-25-46(35-43)62-52-29-13-11-27-48(52)50-36-53-49(37-54(50)62)47-26-10-12-28-51(47)61(53)45-23-8-3-9-24-45/h1-37H. The van der Waals surface area contributed by atoms with Gasteiger partial charge in [0, 0.05) is 49.6 Å². The molecule has 0 aliphatic carbocycles. The molecule has 0 saturated carbocycles.